The summed E-state index contributed by atoms with van der Waals surface area (Å²) in [7, 11) is 0. The number of aryl methyl sites for hydroxylation is 2. The largest absolute Gasteiger partial charge is 0.334 e. The van der Waals surface area contributed by atoms with E-state index in [9.17, 15) is 14.0 Å². The smallest absolute Gasteiger partial charge is 0.273 e. The Labute approximate surface area is 182 Å². The van der Waals surface area contributed by atoms with E-state index in [4.69, 9.17) is 11.6 Å². The van der Waals surface area contributed by atoms with E-state index in [2.05, 4.69) is 15.0 Å². The van der Waals surface area contributed by atoms with Crippen molar-refractivity contribution in [3.05, 3.63) is 85.0 Å². The van der Waals surface area contributed by atoms with Crippen LogP contribution in [0.1, 0.15) is 36.6 Å². The van der Waals surface area contributed by atoms with Crippen LogP contribution in [0.3, 0.4) is 0 Å². The summed E-state index contributed by atoms with van der Waals surface area (Å²) in [4.78, 5) is 36.8. The Morgan fingerprint density at radius 1 is 1.13 bits per heavy atom. The SMILES string of the molecule is Cc1cccc(-c2nc3c(cc2Cl)c(=O)[nH]c(=O)n3-c2c(C)ccnc2C(C)C)c1F. The minimum atomic E-state index is -0.652. The lowest BCUT2D eigenvalue weighted by atomic mass is 10.0. The summed E-state index contributed by atoms with van der Waals surface area (Å²) in [5.41, 5.74) is 1.60. The van der Waals surface area contributed by atoms with Crippen LogP contribution in [0.15, 0.2) is 46.1 Å². The van der Waals surface area contributed by atoms with Crippen molar-refractivity contribution in [2.24, 2.45) is 0 Å². The molecule has 0 unspecified atom stereocenters. The summed E-state index contributed by atoms with van der Waals surface area (Å²) in [6, 6.07) is 8.09. The number of aromatic amines is 1. The van der Waals surface area contributed by atoms with Crippen LogP contribution in [-0.2, 0) is 0 Å². The first kappa shape index (κ1) is 20.9. The maximum atomic E-state index is 14.8. The molecule has 1 aromatic carbocycles. The first-order chi connectivity index (χ1) is 14.7. The number of hydrogen-bond donors (Lipinski definition) is 1. The van der Waals surface area contributed by atoms with Gasteiger partial charge in [0.2, 0.25) is 0 Å². The van der Waals surface area contributed by atoms with Gasteiger partial charge in [0.05, 0.1) is 27.5 Å². The third-order valence-electron chi connectivity index (χ3n) is 5.21. The van der Waals surface area contributed by atoms with Crippen LogP contribution in [0.25, 0.3) is 28.0 Å². The molecule has 0 fully saturated rings. The summed E-state index contributed by atoms with van der Waals surface area (Å²) in [6.07, 6.45) is 1.67. The molecule has 0 saturated carbocycles. The molecule has 6 nitrogen and oxygen atoms in total. The highest BCUT2D eigenvalue weighted by Crippen LogP contribution is 2.32. The van der Waals surface area contributed by atoms with Crippen LogP contribution in [0.4, 0.5) is 4.39 Å². The Balaban J connectivity index is 2.18. The second-order valence-corrected chi connectivity index (χ2v) is 8.14. The van der Waals surface area contributed by atoms with E-state index in [1.807, 2.05) is 20.8 Å². The summed E-state index contributed by atoms with van der Waals surface area (Å²) in [6.45, 7) is 7.41. The molecule has 0 atom stereocenters. The first-order valence-corrected chi connectivity index (χ1v) is 10.2. The van der Waals surface area contributed by atoms with Crippen molar-refractivity contribution in [2.45, 2.75) is 33.6 Å². The standard InChI is InChI=1S/C23H20ClFN4O2/c1-11(2)18-20(13(4)8-9-26-18)29-21-15(22(30)28-23(29)31)10-16(24)19(27-21)14-7-5-6-12(3)17(14)25/h5-11H,1-4H3,(H,28,30,31). The van der Waals surface area contributed by atoms with Crippen LogP contribution in [0.5, 0.6) is 0 Å². The summed E-state index contributed by atoms with van der Waals surface area (Å²) < 4.78 is 16.2. The number of nitrogens with one attached hydrogen (secondary N) is 1. The van der Waals surface area contributed by atoms with Crippen molar-refractivity contribution in [3.63, 3.8) is 0 Å². The minimum Gasteiger partial charge on any atom is -0.273 e. The molecule has 4 rings (SSSR count). The van der Waals surface area contributed by atoms with Gasteiger partial charge in [-0.3, -0.25) is 14.8 Å². The molecule has 4 aromatic rings. The van der Waals surface area contributed by atoms with E-state index in [-0.39, 0.29) is 33.2 Å². The van der Waals surface area contributed by atoms with E-state index in [0.29, 0.717) is 16.9 Å². The molecule has 0 aliphatic rings. The number of fused-ring (bicyclic) bond motifs is 1. The quantitative estimate of drug-likeness (QED) is 0.504. The Morgan fingerprint density at radius 3 is 2.58 bits per heavy atom. The number of nitrogens with zero attached hydrogens (tertiary/aromatic N) is 3. The van der Waals surface area contributed by atoms with Crippen LogP contribution in [-0.4, -0.2) is 19.5 Å². The topological polar surface area (TPSA) is 80.6 Å². The molecule has 3 heterocycles. The molecule has 0 aliphatic carbocycles. The van der Waals surface area contributed by atoms with Crippen LogP contribution >= 0.6 is 11.6 Å². The van der Waals surface area contributed by atoms with Crippen molar-refractivity contribution in [1.29, 1.82) is 0 Å². The monoisotopic (exact) mass is 438 g/mol. The van der Waals surface area contributed by atoms with Gasteiger partial charge in [-0.05, 0) is 49.1 Å². The van der Waals surface area contributed by atoms with Gasteiger partial charge in [-0.2, -0.15) is 0 Å². The van der Waals surface area contributed by atoms with Crippen LogP contribution in [0, 0.1) is 19.7 Å². The molecule has 8 heteroatoms. The molecule has 0 aliphatic heterocycles. The Morgan fingerprint density at radius 2 is 1.87 bits per heavy atom. The number of benzene rings is 1. The van der Waals surface area contributed by atoms with Crippen LogP contribution < -0.4 is 11.2 Å². The van der Waals surface area contributed by atoms with Gasteiger partial charge in [0, 0.05) is 11.8 Å². The van der Waals surface area contributed by atoms with Crippen molar-refractivity contribution >= 4 is 22.6 Å². The van der Waals surface area contributed by atoms with E-state index >= 15 is 0 Å². The average Bonchev–Trinajstić information content (AvgIpc) is 2.71. The molecule has 0 radical (unpaired) electrons. The van der Waals surface area contributed by atoms with Crippen molar-refractivity contribution < 1.29 is 4.39 Å². The van der Waals surface area contributed by atoms with Gasteiger partial charge < -0.3 is 0 Å². The number of hydrogen-bond acceptors (Lipinski definition) is 4. The van der Waals surface area contributed by atoms with Gasteiger partial charge in [-0.15, -0.1) is 0 Å². The molecule has 0 spiro atoms. The predicted molar refractivity (Wildman–Crippen MR) is 120 cm³/mol. The second kappa shape index (κ2) is 7.74. The Hall–Kier alpha value is -3.32. The minimum absolute atomic E-state index is 0.00441. The second-order valence-electron chi connectivity index (χ2n) is 7.74. The van der Waals surface area contributed by atoms with Crippen molar-refractivity contribution in [1.82, 2.24) is 19.5 Å². The summed E-state index contributed by atoms with van der Waals surface area (Å²) in [5, 5.41) is 0.235. The van der Waals surface area contributed by atoms with Gasteiger partial charge in [-0.1, -0.05) is 37.6 Å². The summed E-state index contributed by atoms with van der Waals surface area (Å²) >= 11 is 6.40. The third kappa shape index (κ3) is 3.45. The van der Waals surface area contributed by atoms with Gasteiger partial charge >= 0.3 is 5.69 Å². The lowest BCUT2D eigenvalue weighted by Gasteiger charge is -2.18. The molecule has 0 amide bonds. The van der Waals surface area contributed by atoms with Gasteiger partial charge in [0.1, 0.15) is 5.82 Å². The fourth-order valence-electron chi connectivity index (χ4n) is 3.64. The molecule has 158 valence electrons. The third-order valence-corrected chi connectivity index (χ3v) is 5.50. The fraction of sp³-hybridized carbons (Fsp3) is 0.217. The Bertz CT molecular complexity index is 1460. The number of halogens is 2. The predicted octanol–water partition coefficient (Wildman–Crippen LogP) is 4.67. The highest BCUT2D eigenvalue weighted by Gasteiger charge is 2.21. The van der Waals surface area contributed by atoms with E-state index in [1.54, 1.807) is 37.4 Å². The highest BCUT2D eigenvalue weighted by molar-refractivity contribution is 6.33. The molecule has 0 bridgehead atoms. The van der Waals surface area contributed by atoms with E-state index < -0.39 is 17.1 Å². The van der Waals surface area contributed by atoms with Gasteiger partial charge in [0.15, 0.2) is 5.65 Å². The maximum absolute atomic E-state index is 14.8. The average molecular weight is 439 g/mol. The molecular weight excluding hydrogens is 419 g/mol. The summed E-state index contributed by atoms with van der Waals surface area (Å²) in [5.74, 6) is -0.458. The first-order valence-electron chi connectivity index (χ1n) is 9.77. The zero-order valence-corrected chi connectivity index (χ0v) is 18.2. The highest BCUT2D eigenvalue weighted by atomic mass is 35.5. The Kier molecular flexibility index (Phi) is 5.23. The molecule has 0 saturated heterocycles. The number of pyridine rings is 2. The number of rotatable bonds is 3. The zero-order chi connectivity index (χ0) is 22.4. The molecular formula is C23H20ClFN4O2. The maximum Gasteiger partial charge on any atom is 0.334 e. The normalized spacial score (nSPS) is 11.5. The molecule has 1 N–H and O–H groups in total. The fourth-order valence-corrected chi connectivity index (χ4v) is 3.90. The van der Waals surface area contributed by atoms with E-state index in [0.717, 1.165) is 5.56 Å². The van der Waals surface area contributed by atoms with Crippen molar-refractivity contribution in [2.75, 3.05) is 0 Å². The number of H-pyrrole nitrogens is 1. The van der Waals surface area contributed by atoms with Crippen LogP contribution in [0.2, 0.25) is 5.02 Å². The van der Waals surface area contributed by atoms with Gasteiger partial charge in [0.25, 0.3) is 5.56 Å². The van der Waals surface area contributed by atoms with E-state index in [1.165, 1.54) is 10.6 Å². The lowest BCUT2D eigenvalue weighted by molar-refractivity contribution is 0.621. The number of aromatic nitrogens is 4. The molecule has 31 heavy (non-hydrogen) atoms. The van der Waals surface area contributed by atoms with Crippen molar-refractivity contribution in [3.8, 4) is 16.9 Å². The van der Waals surface area contributed by atoms with Gasteiger partial charge in [-0.25, -0.2) is 18.7 Å². The molecule has 3 aromatic heterocycles. The zero-order valence-electron chi connectivity index (χ0n) is 17.5. The lowest BCUT2D eigenvalue weighted by Crippen LogP contribution is -2.31.